The van der Waals surface area contributed by atoms with Crippen molar-refractivity contribution in [3.05, 3.63) is 58.1 Å². The van der Waals surface area contributed by atoms with E-state index < -0.39 is 17.7 Å². The zero-order valence-electron chi connectivity index (χ0n) is 10.0. The molecule has 1 atom stereocenters. The lowest BCUT2D eigenvalue weighted by Crippen LogP contribution is -2.00. The Kier molecular flexibility index (Phi) is 4.17. The highest BCUT2D eigenvalue weighted by atomic mass is 79.9. The Hall–Kier alpha value is -1.46. The molecule has 100 valence electrons. The molecule has 0 fully saturated rings. The smallest absolute Gasteiger partial charge is 0.141 e. The van der Waals surface area contributed by atoms with E-state index in [1.807, 2.05) is 0 Å². The van der Waals surface area contributed by atoms with E-state index >= 15 is 0 Å². The molecule has 5 heteroatoms. The van der Waals surface area contributed by atoms with Gasteiger partial charge in [0.15, 0.2) is 0 Å². The van der Waals surface area contributed by atoms with Gasteiger partial charge in [0.1, 0.15) is 23.1 Å². The maximum Gasteiger partial charge on any atom is 0.141 e. The van der Waals surface area contributed by atoms with Crippen LogP contribution in [0.5, 0.6) is 11.5 Å². The number of benzene rings is 2. The van der Waals surface area contributed by atoms with Crippen LogP contribution in [-0.4, -0.2) is 5.11 Å². The molecule has 0 aliphatic heterocycles. The van der Waals surface area contributed by atoms with E-state index in [0.29, 0.717) is 10.2 Å². The molecule has 0 aliphatic carbocycles. The number of halogens is 3. The van der Waals surface area contributed by atoms with Crippen molar-refractivity contribution in [1.82, 2.24) is 0 Å². The van der Waals surface area contributed by atoms with Gasteiger partial charge in [-0.1, -0.05) is 6.07 Å². The van der Waals surface area contributed by atoms with Gasteiger partial charge in [0.05, 0.1) is 16.1 Å². The van der Waals surface area contributed by atoms with E-state index in [-0.39, 0.29) is 11.3 Å². The molecule has 0 bridgehead atoms. The van der Waals surface area contributed by atoms with Gasteiger partial charge in [0.2, 0.25) is 0 Å². The molecule has 0 unspecified atom stereocenters. The summed E-state index contributed by atoms with van der Waals surface area (Å²) < 4.78 is 32.6. The molecule has 1 N–H and O–H groups in total. The molecule has 0 aromatic heterocycles. The van der Waals surface area contributed by atoms with E-state index in [1.54, 1.807) is 6.07 Å². The topological polar surface area (TPSA) is 29.5 Å². The molecule has 0 aliphatic rings. The fraction of sp³-hybridized carbons (Fsp3) is 0.143. The largest absolute Gasteiger partial charge is 0.456 e. The third-order valence-corrected chi connectivity index (χ3v) is 3.16. The van der Waals surface area contributed by atoms with Crippen molar-refractivity contribution < 1.29 is 18.6 Å². The Bertz CT molecular complexity index is 600. The Morgan fingerprint density at radius 3 is 2.53 bits per heavy atom. The minimum Gasteiger partial charge on any atom is -0.456 e. The fourth-order valence-electron chi connectivity index (χ4n) is 1.69. The van der Waals surface area contributed by atoms with Gasteiger partial charge < -0.3 is 9.84 Å². The van der Waals surface area contributed by atoms with Crippen LogP contribution in [0, 0.1) is 11.6 Å². The maximum absolute atomic E-state index is 13.7. The molecular formula is C14H11BrF2O2. The lowest BCUT2D eigenvalue weighted by molar-refractivity contribution is 0.190. The minimum atomic E-state index is -1.00. The number of rotatable bonds is 3. The summed E-state index contributed by atoms with van der Waals surface area (Å²) in [5, 5.41) is 9.59. The van der Waals surface area contributed by atoms with Crippen LogP contribution < -0.4 is 4.74 Å². The number of ether oxygens (including phenoxy) is 1. The average molecular weight is 329 g/mol. The van der Waals surface area contributed by atoms with E-state index in [2.05, 4.69) is 15.9 Å². The number of hydrogen-bond acceptors (Lipinski definition) is 2. The van der Waals surface area contributed by atoms with Crippen LogP contribution in [0.3, 0.4) is 0 Å². The molecule has 0 radical (unpaired) electrons. The predicted molar refractivity (Wildman–Crippen MR) is 71.2 cm³/mol. The van der Waals surface area contributed by atoms with Gasteiger partial charge in [-0.3, -0.25) is 0 Å². The Morgan fingerprint density at radius 2 is 1.89 bits per heavy atom. The highest BCUT2D eigenvalue weighted by Crippen LogP contribution is 2.35. The van der Waals surface area contributed by atoms with Gasteiger partial charge in [-0.25, -0.2) is 8.78 Å². The highest BCUT2D eigenvalue weighted by molar-refractivity contribution is 9.10. The zero-order valence-corrected chi connectivity index (χ0v) is 11.6. The van der Waals surface area contributed by atoms with Crippen LogP contribution in [0.2, 0.25) is 0 Å². The van der Waals surface area contributed by atoms with Crippen molar-refractivity contribution in [2.45, 2.75) is 13.0 Å². The van der Waals surface area contributed by atoms with E-state index in [0.717, 1.165) is 0 Å². The van der Waals surface area contributed by atoms with Crippen molar-refractivity contribution in [2.75, 3.05) is 0 Å². The van der Waals surface area contributed by atoms with Crippen molar-refractivity contribution in [3.63, 3.8) is 0 Å². The Labute approximate surface area is 117 Å². The van der Waals surface area contributed by atoms with E-state index in [1.165, 1.54) is 37.3 Å². The molecule has 0 saturated heterocycles. The van der Waals surface area contributed by atoms with Gasteiger partial charge in [-0.15, -0.1) is 0 Å². The first-order chi connectivity index (χ1) is 8.99. The molecule has 2 nitrogen and oxygen atoms in total. The molecule has 2 aromatic rings. The Morgan fingerprint density at radius 1 is 1.16 bits per heavy atom. The van der Waals surface area contributed by atoms with Crippen LogP contribution in [0.4, 0.5) is 8.78 Å². The van der Waals surface area contributed by atoms with E-state index in [4.69, 9.17) is 4.74 Å². The van der Waals surface area contributed by atoms with E-state index in [9.17, 15) is 13.9 Å². The molecule has 0 spiro atoms. The minimum absolute atomic E-state index is 0.0683. The third kappa shape index (κ3) is 3.11. The highest BCUT2D eigenvalue weighted by Gasteiger charge is 2.16. The molecule has 0 saturated carbocycles. The summed E-state index contributed by atoms with van der Waals surface area (Å²) in [6.45, 7) is 1.45. The third-order valence-electron chi connectivity index (χ3n) is 2.54. The van der Waals surface area contributed by atoms with Crippen LogP contribution in [0.15, 0.2) is 40.9 Å². The normalized spacial score (nSPS) is 12.3. The standard InChI is InChI=1S/C14H11BrF2O2/c1-8(18)14-11(17)3-2-4-13(14)19-12-6-5-9(16)7-10(12)15/h2-8,18H,1H3/t8-/m0/s1. The number of aliphatic hydroxyl groups excluding tert-OH is 1. The lowest BCUT2D eigenvalue weighted by Gasteiger charge is -2.14. The number of aliphatic hydroxyl groups is 1. The lowest BCUT2D eigenvalue weighted by atomic mass is 10.1. The predicted octanol–water partition coefficient (Wildman–Crippen LogP) is 4.57. The SMILES string of the molecule is C[C@H](O)c1c(F)cccc1Oc1ccc(F)cc1Br. The summed E-state index contributed by atoms with van der Waals surface area (Å²) in [7, 11) is 0. The number of hydrogen-bond donors (Lipinski definition) is 1. The quantitative estimate of drug-likeness (QED) is 0.894. The van der Waals surface area contributed by atoms with Crippen LogP contribution in [0.25, 0.3) is 0 Å². The van der Waals surface area contributed by atoms with Gasteiger partial charge >= 0.3 is 0 Å². The molecular weight excluding hydrogens is 318 g/mol. The molecule has 0 amide bonds. The second kappa shape index (κ2) is 5.67. The van der Waals surface area contributed by atoms with Crippen molar-refractivity contribution >= 4 is 15.9 Å². The van der Waals surface area contributed by atoms with Crippen molar-refractivity contribution in [2.24, 2.45) is 0 Å². The van der Waals surface area contributed by atoms with Gasteiger partial charge in [0, 0.05) is 0 Å². The summed E-state index contributed by atoms with van der Waals surface area (Å²) in [5.41, 5.74) is 0.0683. The molecule has 2 aromatic carbocycles. The van der Waals surface area contributed by atoms with Gasteiger partial charge in [-0.05, 0) is 53.2 Å². The second-order valence-corrected chi connectivity index (χ2v) is 4.86. The summed E-state index contributed by atoms with van der Waals surface area (Å²) in [6, 6.07) is 8.18. The summed E-state index contributed by atoms with van der Waals surface area (Å²) in [6.07, 6.45) is -1.00. The van der Waals surface area contributed by atoms with Crippen LogP contribution >= 0.6 is 15.9 Å². The maximum atomic E-state index is 13.7. The zero-order chi connectivity index (χ0) is 14.0. The van der Waals surface area contributed by atoms with Crippen molar-refractivity contribution in [3.8, 4) is 11.5 Å². The Balaban J connectivity index is 2.41. The van der Waals surface area contributed by atoms with Crippen molar-refractivity contribution in [1.29, 1.82) is 0 Å². The second-order valence-electron chi connectivity index (χ2n) is 4.00. The monoisotopic (exact) mass is 328 g/mol. The summed E-state index contributed by atoms with van der Waals surface area (Å²) >= 11 is 3.16. The molecule has 19 heavy (non-hydrogen) atoms. The van der Waals surface area contributed by atoms with Crippen LogP contribution in [-0.2, 0) is 0 Å². The molecule has 0 heterocycles. The fourth-order valence-corrected chi connectivity index (χ4v) is 2.12. The van der Waals surface area contributed by atoms with Crippen LogP contribution in [0.1, 0.15) is 18.6 Å². The van der Waals surface area contributed by atoms with Gasteiger partial charge in [0.25, 0.3) is 0 Å². The summed E-state index contributed by atoms with van der Waals surface area (Å²) in [5.74, 6) is -0.420. The first-order valence-corrected chi connectivity index (χ1v) is 6.37. The first-order valence-electron chi connectivity index (χ1n) is 5.58. The summed E-state index contributed by atoms with van der Waals surface area (Å²) in [4.78, 5) is 0. The first kappa shape index (κ1) is 14.0. The molecule has 2 rings (SSSR count). The average Bonchev–Trinajstić information content (AvgIpc) is 2.32. The van der Waals surface area contributed by atoms with Gasteiger partial charge in [-0.2, -0.15) is 0 Å².